The second kappa shape index (κ2) is 6.12. The van der Waals surface area contributed by atoms with Crippen LogP contribution in [0.2, 0.25) is 0 Å². The van der Waals surface area contributed by atoms with Crippen LogP contribution in [0.25, 0.3) is 0 Å². The molecule has 6 heteroatoms. The van der Waals surface area contributed by atoms with Crippen molar-refractivity contribution in [1.82, 2.24) is 9.55 Å². The Morgan fingerprint density at radius 1 is 1.35 bits per heavy atom. The van der Waals surface area contributed by atoms with Gasteiger partial charge in [-0.25, -0.2) is 4.79 Å². The van der Waals surface area contributed by atoms with E-state index in [0.29, 0.717) is 11.1 Å². The third kappa shape index (κ3) is 3.10. The zero-order valence-electron chi connectivity index (χ0n) is 11.3. The zero-order valence-corrected chi connectivity index (χ0v) is 11.3. The third-order valence-corrected chi connectivity index (χ3v) is 2.71. The smallest absolute Gasteiger partial charge is 0.351 e. The number of hydrogen-bond donors (Lipinski definition) is 1. The van der Waals surface area contributed by atoms with Gasteiger partial charge in [-0.3, -0.25) is 9.36 Å². The monoisotopic (exact) mass is 273 g/mol. The maximum Gasteiger partial charge on any atom is 0.351 e. The topological polar surface area (TPSA) is 73.2 Å². The first-order valence-corrected chi connectivity index (χ1v) is 6.05. The molecular weight excluding hydrogens is 258 g/mol. The van der Waals surface area contributed by atoms with E-state index in [-0.39, 0.29) is 18.5 Å². The van der Waals surface area contributed by atoms with Gasteiger partial charge in [0.2, 0.25) is 0 Å². The van der Waals surface area contributed by atoms with Gasteiger partial charge >= 0.3 is 5.69 Å². The number of ether oxygens (including phenoxy) is 1. The van der Waals surface area contributed by atoms with Crippen molar-refractivity contribution < 1.29 is 9.53 Å². The highest BCUT2D eigenvalue weighted by Crippen LogP contribution is 2.10. The minimum absolute atomic E-state index is 0.125. The van der Waals surface area contributed by atoms with Crippen LogP contribution in [-0.2, 0) is 11.5 Å². The summed E-state index contributed by atoms with van der Waals surface area (Å²) in [7, 11) is 1.49. The van der Waals surface area contributed by atoms with Gasteiger partial charge in [0.25, 0.3) is 5.91 Å². The van der Waals surface area contributed by atoms with E-state index >= 15 is 0 Å². The van der Waals surface area contributed by atoms with Gasteiger partial charge < -0.3 is 10.1 Å². The Morgan fingerprint density at radius 3 is 2.70 bits per heavy atom. The largest absolute Gasteiger partial charge is 0.364 e. The van der Waals surface area contributed by atoms with Crippen molar-refractivity contribution >= 4 is 11.7 Å². The minimum Gasteiger partial charge on any atom is -0.364 e. The molecule has 6 nitrogen and oxygen atoms in total. The van der Waals surface area contributed by atoms with E-state index in [1.807, 2.05) is 6.07 Å². The van der Waals surface area contributed by atoms with Crippen molar-refractivity contribution in [3.8, 4) is 0 Å². The lowest BCUT2D eigenvalue weighted by Gasteiger charge is -2.10. The molecule has 1 amide bonds. The van der Waals surface area contributed by atoms with Gasteiger partial charge in [0.15, 0.2) is 0 Å². The summed E-state index contributed by atoms with van der Waals surface area (Å²) in [6.45, 7) is 1.89. The Labute approximate surface area is 116 Å². The molecule has 0 aliphatic carbocycles. The Morgan fingerprint density at radius 2 is 2.05 bits per heavy atom. The van der Waals surface area contributed by atoms with Gasteiger partial charge in [-0.15, -0.1) is 0 Å². The van der Waals surface area contributed by atoms with E-state index in [4.69, 9.17) is 4.74 Å². The summed E-state index contributed by atoms with van der Waals surface area (Å²) in [6, 6.07) is 8.75. The van der Waals surface area contributed by atoms with Gasteiger partial charge in [-0.05, 0) is 19.1 Å². The van der Waals surface area contributed by atoms with Gasteiger partial charge in [-0.2, -0.15) is 4.98 Å². The average Bonchev–Trinajstić information content (AvgIpc) is 2.45. The molecule has 20 heavy (non-hydrogen) atoms. The summed E-state index contributed by atoms with van der Waals surface area (Å²) >= 11 is 0. The normalized spacial score (nSPS) is 10.3. The molecule has 104 valence electrons. The maximum atomic E-state index is 12.0. The number of carbonyl (C=O) groups is 1. The van der Waals surface area contributed by atoms with E-state index in [0.717, 1.165) is 0 Å². The quantitative estimate of drug-likeness (QED) is 0.914. The number of aromatic nitrogens is 2. The van der Waals surface area contributed by atoms with Crippen LogP contribution in [0.3, 0.4) is 0 Å². The highest BCUT2D eigenvalue weighted by atomic mass is 16.5. The molecule has 2 rings (SSSR count). The number of hydrogen-bond acceptors (Lipinski definition) is 4. The summed E-state index contributed by atoms with van der Waals surface area (Å²) in [5.74, 6) is -0.0405. The van der Waals surface area contributed by atoms with Crippen molar-refractivity contribution in [1.29, 1.82) is 0 Å². The van der Waals surface area contributed by atoms with Crippen LogP contribution in [0, 0.1) is 6.92 Å². The first-order valence-electron chi connectivity index (χ1n) is 6.05. The van der Waals surface area contributed by atoms with E-state index in [1.54, 1.807) is 37.4 Å². The zero-order chi connectivity index (χ0) is 14.5. The molecule has 1 heterocycles. The summed E-state index contributed by atoms with van der Waals surface area (Å²) in [5, 5.41) is 2.63. The second-order valence-corrected chi connectivity index (χ2v) is 4.26. The molecule has 1 aromatic carbocycles. The Balaban J connectivity index is 2.24. The molecule has 0 unspecified atom stereocenters. The van der Waals surface area contributed by atoms with E-state index in [1.165, 1.54) is 11.7 Å². The fraction of sp³-hybridized carbons (Fsp3) is 0.214. The van der Waals surface area contributed by atoms with Crippen LogP contribution in [0.15, 0.2) is 41.3 Å². The van der Waals surface area contributed by atoms with Crippen LogP contribution < -0.4 is 11.0 Å². The fourth-order valence-electron chi connectivity index (χ4n) is 1.73. The lowest BCUT2D eigenvalue weighted by Crippen LogP contribution is -2.26. The predicted molar refractivity (Wildman–Crippen MR) is 74.6 cm³/mol. The predicted octanol–water partition coefficient (Wildman–Crippen LogP) is 1.41. The number of rotatable bonds is 4. The first kappa shape index (κ1) is 14.0. The molecule has 0 saturated carbocycles. The summed E-state index contributed by atoms with van der Waals surface area (Å²) in [6.07, 6.45) is 1.60. The molecule has 0 spiro atoms. The van der Waals surface area contributed by atoms with Gasteiger partial charge in [0, 0.05) is 24.4 Å². The van der Waals surface area contributed by atoms with Crippen molar-refractivity contribution in [2.75, 3.05) is 12.4 Å². The number of nitrogens with zero attached hydrogens (tertiary/aromatic N) is 2. The number of nitrogens with one attached hydrogen (secondary N) is 1. The molecule has 2 aromatic rings. The molecule has 1 N–H and O–H groups in total. The van der Waals surface area contributed by atoms with E-state index < -0.39 is 5.69 Å². The fourth-order valence-corrected chi connectivity index (χ4v) is 1.73. The van der Waals surface area contributed by atoms with Crippen LogP contribution in [0.1, 0.15) is 15.9 Å². The molecule has 0 bridgehead atoms. The lowest BCUT2D eigenvalue weighted by atomic mass is 10.2. The van der Waals surface area contributed by atoms with Crippen LogP contribution in [0.4, 0.5) is 5.82 Å². The van der Waals surface area contributed by atoms with Crippen LogP contribution in [0.5, 0.6) is 0 Å². The number of amides is 1. The molecule has 1 aromatic heterocycles. The Kier molecular flexibility index (Phi) is 4.27. The van der Waals surface area contributed by atoms with Crippen LogP contribution >= 0.6 is 0 Å². The number of carbonyl (C=O) groups excluding carboxylic acids is 1. The van der Waals surface area contributed by atoms with E-state index in [2.05, 4.69) is 10.3 Å². The number of aryl methyl sites for hydroxylation is 1. The van der Waals surface area contributed by atoms with Crippen molar-refractivity contribution in [3.05, 3.63) is 58.1 Å². The third-order valence-electron chi connectivity index (χ3n) is 2.71. The average molecular weight is 273 g/mol. The number of methoxy groups -OCH3 is 1. The first-order chi connectivity index (χ1) is 9.61. The van der Waals surface area contributed by atoms with Gasteiger partial charge in [0.05, 0.1) is 0 Å². The van der Waals surface area contributed by atoms with Gasteiger partial charge in [0.1, 0.15) is 12.5 Å². The molecule has 0 saturated heterocycles. The molecule has 0 fully saturated rings. The standard InChI is InChI=1S/C14H15N3O3/c1-10-8-17(9-20-2)14(19)16-12(10)15-13(18)11-6-4-3-5-7-11/h3-8H,9H2,1-2H3,(H,15,16,18,19). The summed E-state index contributed by atoms with van der Waals surface area (Å²) in [4.78, 5) is 27.6. The second-order valence-electron chi connectivity index (χ2n) is 4.26. The maximum absolute atomic E-state index is 12.0. The number of benzene rings is 1. The minimum atomic E-state index is -0.471. The molecule has 0 radical (unpaired) electrons. The van der Waals surface area contributed by atoms with Crippen molar-refractivity contribution in [2.45, 2.75) is 13.7 Å². The van der Waals surface area contributed by atoms with E-state index in [9.17, 15) is 9.59 Å². The van der Waals surface area contributed by atoms with Crippen LogP contribution in [-0.4, -0.2) is 22.6 Å². The molecule has 0 atom stereocenters. The van der Waals surface area contributed by atoms with Crippen molar-refractivity contribution in [2.24, 2.45) is 0 Å². The highest BCUT2D eigenvalue weighted by molar-refractivity contribution is 6.03. The Bertz CT molecular complexity index is 665. The number of anilines is 1. The van der Waals surface area contributed by atoms with Crippen molar-refractivity contribution in [3.63, 3.8) is 0 Å². The molecule has 0 aliphatic heterocycles. The summed E-state index contributed by atoms with van der Waals surface area (Å²) in [5.41, 5.74) is 0.724. The van der Waals surface area contributed by atoms with Gasteiger partial charge in [-0.1, -0.05) is 18.2 Å². The SMILES string of the molecule is COCn1cc(C)c(NC(=O)c2ccccc2)nc1=O. The molecular formula is C14H15N3O3. The molecule has 0 aliphatic rings. The highest BCUT2D eigenvalue weighted by Gasteiger charge is 2.10. The Hall–Kier alpha value is -2.47. The lowest BCUT2D eigenvalue weighted by molar-refractivity contribution is 0.102. The summed E-state index contributed by atoms with van der Waals surface area (Å²) < 4.78 is 6.22.